The lowest BCUT2D eigenvalue weighted by atomic mass is 9.89. The first kappa shape index (κ1) is 35.0. The minimum absolute atomic E-state index is 0.987. The molecule has 0 aliphatic carbocycles. The molecule has 0 aromatic carbocycles. The Morgan fingerprint density at radius 1 is 0.583 bits per heavy atom. The second-order valence-corrected chi connectivity index (χ2v) is 11.4. The Labute approximate surface area is 229 Å². The molecule has 0 rings (SSSR count). The van der Waals surface area contributed by atoms with E-state index in [-0.39, 0.29) is 0 Å². The summed E-state index contributed by atoms with van der Waals surface area (Å²) >= 11 is 0. The first-order chi connectivity index (χ1) is 17.7. The monoisotopic (exact) mass is 502 g/mol. The van der Waals surface area contributed by atoms with E-state index in [4.69, 9.17) is 0 Å². The second kappa shape index (κ2) is 28.6. The molecule has 212 valence electrons. The Balaban J connectivity index is 3.67. The van der Waals surface area contributed by atoms with E-state index >= 15 is 0 Å². The molecule has 0 aliphatic heterocycles. The van der Waals surface area contributed by atoms with Crippen LogP contribution in [0.15, 0.2) is 37.6 Å². The Morgan fingerprint density at radius 2 is 1.03 bits per heavy atom. The molecule has 0 aromatic heterocycles. The smallest absolute Gasteiger partial charge is 0.0172 e. The summed E-state index contributed by atoms with van der Waals surface area (Å²) in [5, 5.41) is 0. The first-order valence-electron chi connectivity index (χ1n) is 16.3. The van der Waals surface area contributed by atoms with Gasteiger partial charge >= 0.3 is 0 Å². The quantitative estimate of drug-likeness (QED) is 0.0698. The van der Waals surface area contributed by atoms with Gasteiger partial charge in [0.25, 0.3) is 0 Å². The summed E-state index contributed by atoms with van der Waals surface area (Å²) < 4.78 is 0. The van der Waals surface area contributed by atoms with Crippen LogP contribution >= 0.6 is 0 Å². The van der Waals surface area contributed by atoms with Crippen molar-refractivity contribution in [3.63, 3.8) is 0 Å². The van der Waals surface area contributed by atoms with Crippen LogP contribution in [0.25, 0.3) is 0 Å². The van der Waals surface area contributed by atoms with Gasteiger partial charge in [0.15, 0.2) is 0 Å². The van der Waals surface area contributed by atoms with Gasteiger partial charge < -0.3 is 4.90 Å². The molecule has 0 N–H and O–H groups in total. The van der Waals surface area contributed by atoms with Crippen molar-refractivity contribution in [1.29, 1.82) is 0 Å². The summed E-state index contributed by atoms with van der Waals surface area (Å²) in [5.41, 5.74) is 1.51. The standard InChI is InChI=1S/C35H67N/c1-6-10-13-14-15-18-25-32-36(9-4)33-26-19-16-17-22-27-34(5)28-23-24-31-35(29-20-11-7-2)30-21-12-8-3/h6,9,35H,1,4-5,7-8,10-33H2,2-3H3. The van der Waals surface area contributed by atoms with Gasteiger partial charge in [-0.05, 0) is 63.5 Å². The Morgan fingerprint density at radius 3 is 1.53 bits per heavy atom. The van der Waals surface area contributed by atoms with E-state index in [0.717, 1.165) is 5.92 Å². The van der Waals surface area contributed by atoms with E-state index in [1.165, 1.54) is 173 Å². The molecule has 1 nitrogen and oxygen atoms in total. The third-order valence-corrected chi connectivity index (χ3v) is 7.91. The average molecular weight is 502 g/mol. The summed E-state index contributed by atoms with van der Waals surface area (Å²) in [4.78, 5) is 2.43. The molecular formula is C35H67N. The van der Waals surface area contributed by atoms with Crippen LogP contribution in [-0.2, 0) is 0 Å². The maximum atomic E-state index is 4.40. The minimum atomic E-state index is 0.987. The maximum Gasteiger partial charge on any atom is 0.0172 e. The van der Waals surface area contributed by atoms with Crippen LogP contribution in [0.3, 0.4) is 0 Å². The largest absolute Gasteiger partial charge is 0.378 e. The highest BCUT2D eigenvalue weighted by molar-refractivity contribution is 4.93. The van der Waals surface area contributed by atoms with Crippen molar-refractivity contribution >= 4 is 0 Å². The number of unbranched alkanes of at least 4 members (excludes halogenated alkanes) is 14. The van der Waals surface area contributed by atoms with Gasteiger partial charge in [-0.15, -0.1) is 6.58 Å². The third kappa shape index (κ3) is 24.7. The predicted molar refractivity (Wildman–Crippen MR) is 167 cm³/mol. The Bertz CT molecular complexity index is 469. The van der Waals surface area contributed by atoms with Crippen LogP contribution in [0.1, 0.15) is 168 Å². The van der Waals surface area contributed by atoms with Gasteiger partial charge in [-0.1, -0.05) is 141 Å². The highest BCUT2D eigenvalue weighted by Gasteiger charge is 2.08. The van der Waals surface area contributed by atoms with Crippen LogP contribution in [0.2, 0.25) is 0 Å². The highest BCUT2D eigenvalue weighted by atomic mass is 15.1. The fourth-order valence-electron chi connectivity index (χ4n) is 5.38. The fraction of sp³-hybridized carbons (Fsp3) is 0.829. The molecule has 0 spiro atoms. The lowest BCUT2D eigenvalue weighted by molar-refractivity contribution is 0.350. The summed E-state index contributed by atoms with van der Waals surface area (Å²) in [5.74, 6) is 0.987. The van der Waals surface area contributed by atoms with Gasteiger partial charge in [-0.25, -0.2) is 0 Å². The number of nitrogens with zero attached hydrogens (tertiary/aromatic N) is 1. The van der Waals surface area contributed by atoms with Crippen LogP contribution in [-0.4, -0.2) is 18.0 Å². The molecule has 0 amide bonds. The van der Waals surface area contributed by atoms with Gasteiger partial charge in [0.2, 0.25) is 0 Å². The molecule has 0 bridgehead atoms. The molecule has 0 unspecified atom stereocenters. The number of hydrogen-bond acceptors (Lipinski definition) is 1. The van der Waals surface area contributed by atoms with E-state index in [1.54, 1.807) is 0 Å². The Kier molecular flexibility index (Phi) is 27.8. The van der Waals surface area contributed by atoms with Crippen molar-refractivity contribution in [2.45, 2.75) is 168 Å². The first-order valence-corrected chi connectivity index (χ1v) is 16.3. The normalized spacial score (nSPS) is 11.2. The number of allylic oxidation sites excluding steroid dienone is 2. The molecular weight excluding hydrogens is 434 g/mol. The summed E-state index contributed by atoms with van der Waals surface area (Å²) in [6.45, 7) is 19.2. The van der Waals surface area contributed by atoms with Gasteiger partial charge in [-0.2, -0.15) is 0 Å². The van der Waals surface area contributed by atoms with Crippen molar-refractivity contribution in [3.05, 3.63) is 37.6 Å². The van der Waals surface area contributed by atoms with Crippen molar-refractivity contribution in [2.75, 3.05) is 13.1 Å². The number of rotatable bonds is 30. The van der Waals surface area contributed by atoms with Gasteiger partial charge in [-0.3, -0.25) is 0 Å². The molecule has 1 heteroatoms. The van der Waals surface area contributed by atoms with Crippen LogP contribution in [0, 0.1) is 5.92 Å². The lowest BCUT2D eigenvalue weighted by Gasteiger charge is -2.19. The van der Waals surface area contributed by atoms with Crippen molar-refractivity contribution < 1.29 is 0 Å². The molecule has 0 radical (unpaired) electrons. The second-order valence-electron chi connectivity index (χ2n) is 11.4. The SMILES string of the molecule is C=CCCCCCCCN(C=C)CCCCCCCC(=C)CCCCC(CCCCC)CCCCC. The zero-order valence-corrected chi connectivity index (χ0v) is 25.2. The molecule has 0 heterocycles. The molecule has 0 saturated carbocycles. The molecule has 0 atom stereocenters. The molecule has 0 saturated heterocycles. The summed E-state index contributed by atoms with van der Waals surface area (Å²) in [6.07, 6.45) is 36.8. The van der Waals surface area contributed by atoms with E-state index in [9.17, 15) is 0 Å². The maximum absolute atomic E-state index is 4.40. The van der Waals surface area contributed by atoms with Crippen LogP contribution in [0.4, 0.5) is 0 Å². The van der Waals surface area contributed by atoms with E-state index in [2.05, 4.69) is 44.7 Å². The van der Waals surface area contributed by atoms with Crippen molar-refractivity contribution in [1.82, 2.24) is 4.90 Å². The topological polar surface area (TPSA) is 3.24 Å². The van der Waals surface area contributed by atoms with Crippen molar-refractivity contribution in [3.8, 4) is 0 Å². The third-order valence-electron chi connectivity index (χ3n) is 7.91. The van der Waals surface area contributed by atoms with Crippen molar-refractivity contribution in [2.24, 2.45) is 5.92 Å². The minimum Gasteiger partial charge on any atom is -0.378 e. The fourth-order valence-corrected chi connectivity index (χ4v) is 5.38. The highest BCUT2D eigenvalue weighted by Crippen LogP contribution is 2.24. The Hall–Kier alpha value is -0.980. The summed E-state index contributed by atoms with van der Waals surface area (Å²) in [6, 6.07) is 0. The molecule has 0 aromatic rings. The van der Waals surface area contributed by atoms with Gasteiger partial charge in [0.05, 0.1) is 0 Å². The summed E-state index contributed by atoms with van der Waals surface area (Å²) in [7, 11) is 0. The number of hydrogen-bond donors (Lipinski definition) is 0. The molecule has 0 fully saturated rings. The van der Waals surface area contributed by atoms with Crippen LogP contribution in [0.5, 0.6) is 0 Å². The van der Waals surface area contributed by atoms with E-state index in [1.807, 2.05) is 6.08 Å². The van der Waals surface area contributed by atoms with E-state index in [0.29, 0.717) is 0 Å². The van der Waals surface area contributed by atoms with Crippen LogP contribution < -0.4 is 0 Å². The lowest BCUT2D eigenvalue weighted by Crippen LogP contribution is -2.19. The van der Waals surface area contributed by atoms with Gasteiger partial charge in [0, 0.05) is 13.1 Å². The van der Waals surface area contributed by atoms with E-state index < -0.39 is 0 Å². The average Bonchev–Trinajstić information content (AvgIpc) is 2.88. The van der Waals surface area contributed by atoms with Gasteiger partial charge in [0.1, 0.15) is 0 Å². The zero-order chi connectivity index (χ0) is 26.5. The molecule has 36 heavy (non-hydrogen) atoms. The zero-order valence-electron chi connectivity index (χ0n) is 25.2. The predicted octanol–water partition coefficient (Wildman–Crippen LogP) is 12.2. The molecule has 0 aliphatic rings.